The molecule has 0 spiro atoms. The van der Waals surface area contributed by atoms with Gasteiger partial charge in [0.2, 0.25) is 0 Å². The average Bonchev–Trinajstić information content (AvgIpc) is 2.73. The molecule has 1 heterocycles. The van der Waals surface area contributed by atoms with Gasteiger partial charge in [0.05, 0.1) is 24.8 Å². The Hall–Kier alpha value is -3.68. The second-order valence-electron chi connectivity index (χ2n) is 6.49. The summed E-state index contributed by atoms with van der Waals surface area (Å²) in [6.45, 7) is 1.56. The van der Waals surface area contributed by atoms with Gasteiger partial charge < -0.3 is 15.4 Å². The number of para-hydroxylation sites is 2. The molecule has 150 valence electrons. The summed E-state index contributed by atoms with van der Waals surface area (Å²) in [6.07, 6.45) is 0.290. The van der Waals surface area contributed by atoms with E-state index in [0.29, 0.717) is 16.7 Å². The number of methoxy groups -OCH3 is 1. The molecule has 0 aliphatic carbocycles. The predicted molar refractivity (Wildman–Crippen MR) is 108 cm³/mol. The summed E-state index contributed by atoms with van der Waals surface area (Å²) < 4.78 is 6.23. The molecular weight excluding hydrogens is 372 g/mol. The Kier molecular flexibility index (Phi) is 6.23. The van der Waals surface area contributed by atoms with Gasteiger partial charge in [0, 0.05) is 6.42 Å². The van der Waals surface area contributed by atoms with Crippen LogP contribution in [0.15, 0.2) is 59.4 Å². The number of ether oxygens (including phenoxy) is 1. The van der Waals surface area contributed by atoms with Crippen molar-refractivity contribution in [3.63, 3.8) is 0 Å². The minimum absolute atomic E-state index is 0.0617. The zero-order valence-corrected chi connectivity index (χ0v) is 16.2. The van der Waals surface area contributed by atoms with E-state index in [2.05, 4.69) is 15.6 Å². The summed E-state index contributed by atoms with van der Waals surface area (Å²) in [7, 11) is 1.27. The molecule has 0 aliphatic heterocycles. The molecule has 0 aliphatic rings. The lowest BCUT2D eigenvalue weighted by atomic mass is 10.1. The number of carbonyl (C=O) groups is 2. The number of hydrogen-bond acceptors (Lipinski definition) is 5. The molecule has 0 bridgehead atoms. The van der Waals surface area contributed by atoms with Crippen LogP contribution in [0.4, 0.5) is 4.79 Å². The molecule has 1 atom stereocenters. The number of nitrogens with one attached hydrogen (secondary N) is 2. The normalized spacial score (nSPS) is 11.7. The van der Waals surface area contributed by atoms with Crippen LogP contribution in [0.25, 0.3) is 11.0 Å². The van der Waals surface area contributed by atoms with Gasteiger partial charge in [0.15, 0.2) is 0 Å². The lowest BCUT2D eigenvalue weighted by Crippen LogP contribution is -2.48. The highest BCUT2D eigenvalue weighted by Gasteiger charge is 2.22. The van der Waals surface area contributed by atoms with Crippen molar-refractivity contribution in [2.75, 3.05) is 7.11 Å². The molecule has 0 saturated heterocycles. The number of nitrogens with zero attached hydrogens (tertiary/aromatic N) is 2. The molecule has 2 aromatic carbocycles. The first kappa shape index (κ1) is 20.1. The molecule has 2 N–H and O–H groups in total. The number of rotatable bonds is 6. The van der Waals surface area contributed by atoms with Crippen molar-refractivity contribution < 1.29 is 14.3 Å². The minimum atomic E-state index is -0.852. The highest BCUT2D eigenvalue weighted by molar-refractivity contribution is 5.83. The van der Waals surface area contributed by atoms with E-state index in [4.69, 9.17) is 4.74 Å². The van der Waals surface area contributed by atoms with Crippen LogP contribution >= 0.6 is 0 Å². The Balaban J connectivity index is 1.73. The third kappa shape index (κ3) is 4.78. The molecule has 0 saturated carbocycles. The van der Waals surface area contributed by atoms with Crippen molar-refractivity contribution in [2.45, 2.75) is 26.1 Å². The number of benzene rings is 2. The molecule has 3 aromatic rings. The van der Waals surface area contributed by atoms with Crippen molar-refractivity contribution >= 4 is 23.0 Å². The smallest absolute Gasteiger partial charge is 0.328 e. The number of hydrogen-bond donors (Lipinski definition) is 2. The second-order valence-corrected chi connectivity index (χ2v) is 6.49. The summed E-state index contributed by atoms with van der Waals surface area (Å²) in [6, 6.07) is 15.0. The Morgan fingerprint density at radius 3 is 2.52 bits per heavy atom. The highest BCUT2D eigenvalue weighted by Crippen LogP contribution is 2.09. The van der Waals surface area contributed by atoms with Crippen LogP contribution in [0, 0.1) is 6.92 Å². The van der Waals surface area contributed by atoms with Gasteiger partial charge in [-0.3, -0.25) is 9.36 Å². The van der Waals surface area contributed by atoms with Gasteiger partial charge in [-0.15, -0.1) is 0 Å². The van der Waals surface area contributed by atoms with E-state index in [1.54, 1.807) is 25.1 Å². The van der Waals surface area contributed by atoms with E-state index < -0.39 is 18.0 Å². The molecule has 29 heavy (non-hydrogen) atoms. The van der Waals surface area contributed by atoms with Crippen LogP contribution in [0.5, 0.6) is 0 Å². The van der Waals surface area contributed by atoms with E-state index in [9.17, 15) is 14.4 Å². The Morgan fingerprint density at radius 2 is 1.79 bits per heavy atom. The van der Waals surface area contributed by atoms with E-state index in [0.717, 1.165) is 5.56 Å². The number of carbonyl (C=O) groups excluding carboxylic acids is 2. The summed E-state index contributed by atoms with van der Waals surface area (Å²) in [4.78, 5) is 41.2. The quantitative estimate of drug-likeness (QED) is 0.620. The number of aromatic nitrogens is 2. The number of aryl methyl sites for hydroxylation is 1. The molecule has 2 amide bonds. The second kappa shape index (κ2) is 9.01. The Bertz CT molecular complexity index is 1080. The maximum atomic E-state index is 12.5. The fourth-order valence-electron chi connectivity index (χ4n) is 3.02. The van der Waals surface area contributed by atoms with E-state index in [1.165, 1.54) is 11.7 Å². The van der Waals surface area contributed by atoms with Gasteiger partial charge in [0.25, 0.3) is 5.56 Å². The zero-order valence-electron chi connectivity index (χ0n) is 16.2. The van der Waals surface area contributed by atoms with Gasteiger partial charge in [-0.05, 0) is 24.6 Å². The standard InChI is InChI=1S/C21H22N4O4/c1-14-19(26)25(18-11-7-6-10-16(18)23-14)13-22-21(28)24-17(20(27)29-2)12-15-8-4-3-5-9-15/h3-11,17H,12-13H2,1-2H3,(H2,22,24,28)/t17-/m0/s1. The largest absolute Gasteiger partial charge is 0.467 e. The molecular formula is C21H22N4O4. The van der Waals surface area contributed by atoms with Gasteiger partial charge >= 0.3 is 12.0 Å². The van der Waals surface area contributed by atoms with E-state index >= 15 is 0 Å². The SMILES string of the molecule is COC(=O)[C@H](Cc1ccccc1)NC(=O)NCn1c(=O)c(C)nc2ccccc21. The monoisotopic (exact) mass is 394 g/mol. The van der Waals surface area contributed by atoms with Crippen LogP contribution in [0.2, 0.25) is 0 Å². The first-order valence-electron chi connectivity index (χ1n) is 9.12. The molecule has 1 aromatic heterocycles. The third-order valence-corrected chi connectivity index (χ3v) is 4.49. The lowest BCUT2D eigenvalue weighted by Gasteiger charge is -2.18. The number of amides is 2. The molecule has 0 unspecified atom stereocenters. The van der Waals surface area contributed by atoms with Crippen molar-refractivity contribution in [1.29, 1.82) is 0 Å². The van der Waals surface area contributed by atoms with Crippen molar-refractivity contribution in [2.24, 2.45) is 0 Å². The van der Waals surface area contributed by atoms with Crippen LogP contribution < -0.4 is 16.2 Å². The highest BCUT2D eigenvalue weighted by atomic mass is 16.5. The molecule has 8 nitrogen and oxygen atoms in total. The Labute approximate surface area is 167 Å². The molecule has 0 fully saturated rings. The topological polar surface area (TPSA) is 102 Å². The predicted octanol–water partition coefficient (Wildman–Crippen LogP) is 1.75. The van der Waals surface area contributed by atoms with E-state index in [1.807, 2.05) is 36.4 Å². The fourth-order valence-corrected chi connectivity index (χ4v) is 3.02. The zero-order chi connectivity index (χ0) is 20.8. The summed E-state index contributed by atoms with van der Waals surface area (Å²) >= 11 is 0. The number of urea groups is 1. The van der Waals surface area contributed by atoms with Crippen LogP contribution in [0.1, 0.15) is 11.3 Å². The minimum Gasteiger partial charge on any atom is -0.467 e. The molecule has 0 radical (unpaired) electrons. The maximum Gasteiger partial charge on any atom is 0.328 e. The first-order chi connectivity index (χ1) is 14.0. The van der Waals surface area contributed by atoms with Gasteiger partial charge in [-0.1, -0.05) is 42.5 Å². The fraction of sp³-hybridized carbons (Fsp3) is 0.238. The van der Waals surface area contributed by atoms with Crippen LogP contribution in [-0.4, -0.2) is 34.7 Å². The average molecular weight is 394 g/mol. The van der Waals surface area contributed by atoms with Gasteiger partial charge in [-0.2, -0.15) is 0 Å². The van der Waals surface area contributed by atoms with Crippen molar-refractivity contribution in [1.82, 2.24) is 20.2 Å². The summed E-state index contributed by atoms with van der Waals surface area (Å²) in [5.41, 5.74) is 2.19. The van der Waals surface area contributed by atoms with E-state index in [-0.39, 0.29) is 18.6 Å². The lowest BCUT2D eigenvalue weighted by molar-refractivity contribution is -0.142. The Morgan fingerprint density at radius 1 is 1.10 bits per heavy atom. The summed E-state index contributed by atoms with van der Waals surface area (Å²) in [5.74, 6) is -0.550. The number of esters is 1. The summed E-state index contributed by atoms with van der Waals surface area (Å²) in [5, 5.41) is 5.24. The molecule has 8 heteroatoms. The maximum absolute atomic E-state index is 12.5. The van der Waals surface area contributed by atoms with Crippen molar-refractivity contribution in [3.05, 3.63) is 76.2 Å². The molecule has 3 rings (SSSR count). The third-order valence-electron chi connectivity index (χ3n) is 4.49. The van der Waals surface area contributed by atoms with Gasteiger partial charge in [-0.25, -0.2) is 14.6 Å². The van der Waals surface area contributed by atoms with Crippen LogP contribution in [0.3, 0.4) is 0 Å². The van der Waals surface area contributed by atoms with Crippen LogP contribution in [-0.2, 0) is 22.6 Å². The first-order valence-corrected chi connectivity index (χ1v) is 9.12. The number of fused-ring (bicyclic) bond motifs is 1. The van der Waals surface area contributed by atoms with Crippen molar-refractivity contribution in [3.8, 4) is 0 Å². The van der Waals surface area contributed by atoms with Gasteiger partial charge in [0.1, 0.15) is 11.7 Å².